The molecule has 0 fully saturated rings. The van der Waals surface area contributed by atoms with E-state index in [-0.39, 0.29) is 6.61 Å². The van der Waals surface area contributed by atoms with Gasteiger partial charge in [0.2, 0.25) is 0 Å². The lowest BCUT2D eigenvalue weighted by Crippen LogP contribution is -2.25. The summed E-state index contributed by atoms with van der Waals surface area (Å²) < 4.78 is 5.16. The van der Waals surface area contributed by atoms with E-state index in [1.54, 1.807) is 18.2 Å². The van der Waals surface area contributed by atoms with Gasteiger partial charge in [0, 0.05) is 11.3 Å². The van der Waals surface area contributed by atoms with Crippen molar-refractivity contribution in [3.63, 3.8) is 0 Å². The predicted molar refractivity (Wildman–Crippen MR) is 102 cm³/mol. The topological polar surface area (TPSA) is 83.0 Å². The normalized spacial score (nSPS) is 10.9. The highest BCUT2D eigenvalue weighted by molar-refractivity contribution is 7.80. The van der Waals surface area contributed by atoms with Crippen LogP contribution in [0.2, 0.25) is 0 Å². The molecule has 0 bridgehead atoms. The molecule has 0 saturated carbocycles. The van der Waals surface area contributed by atoms with Crippen molar-refractivity contribution in [2.24, 2.45) is 5.10 Å². The maximum absolute atomic E-state index is 10.6. The van der Waals surface area contributed by atoms with Crippen molar-refractivity contribution in [3.05, 3.63) is 59.7 Å². The van der Waals surface area contributed by atoms with E-state index in [1.807, 2.05) is 44.2 Å². The van der Waals surface area contributed by atoms with Gasteiger partial charge in [-0.15, -0.1) is 0 Å². The Hall–Kier alpha value is -2.93. The van der Waals surface area contributed by atoms with E-state index in [1.165, 1.54) is 0 Å². The quantitative estimate of drug-likeness (QED) is 0.418. The molecule has 0 aliphatic carbocycles. The fourth-order valence-corrected chi connectivity index (χ4v) is 2.17. The zero-order chi connectivity index (χ0) is 18.2. The van der Waals surface area contributed by atoms with Crippen LogP contribution in [0, 0.1) is 6.92 Å². The number of aryl methyl sites for hydroxylation is 1. The van der Waals surface area contributed by atoms with Crippen molar-refractivity contribution in [3.8, 4) is 5.75 Å². The summed E-state index contributed by atoms with van der Waals surface area (Å²) in [4.78, 5) is 10.6. The summed E-state index contributed by atoms with van der Waals surface area (Å²) in [7, 11) is 0. The van der Waals surface area contributed by atoms with E-state index in [4.69, 9.17) is 22.1 Å². The highest BCUT2D eigenvalue weighted by Gasteiger charge is 2.04. The first-order chi connectivity index (χ1) is 12.0. The van der Waals surface area contributed by atoms with Crippen LogP contribution in [-0.4, -0.2) is 28.5 Å². The Labute approximate surface area is 151 Å². The van der Waals surface area contributed by atoms with Crippen molar-refractivity contribution < 1.29 is 14.6 Å². The number of hydrogen-bond donors (Lipinski definition) is 3. The standard InChI is InChI=1S/C18H19N3O3S/c1-12-6-3-4-9-16(12)19-18(25)21-20-13(2)14-7-5-8-15(10-14)24-11-17(22)23/h3-10H,11H2,1-2H3,(H,22,23)(H2,19,21,25)/b20-13-. The SMILES string of the molecule is C/C(=N/NC(=S)Nc1ccccc1C)c1cccc(OCC(=O)O)c1. The molecule has 130 valence electrons. The first-order valence-corrected chi connectivity index (χ1v) is 7.98. The first kappa shape index (κ1) is 18.4. The van der Waals surface area contributed by atoms with Crippen molar-refractivity contribution in [2.45, 2.75) is 13.8 Å². The number of hydrogen-bond acceptors (Lipinski definition) is 4. The van der Waals surface area contributed by atoms with Gasteiger partial charge in [0.25, 0.3) is 0 Å². The number of rotatable bonds is 6. The molecule has 0 unspecified atom stereocenters. The lowest BCUT2D eigenvalue weighted by atomic mass is 10.1. The van der Waals surface area contributed by atoms with Crippen molar-refractivity contribution in [1.29, 1.82) is 0 Å². The summed E-state index contributed by atoms with van der Waals surface area (Å²) in [5, 5.41) is 16.4. The van der Waals surface area contributed by atoms with Crippen molar-refractivity contribution in [1.82, 2.24) is 5.43 Å². The van der Waals surface area contributed by atoms with Gasteiger partial charge in [-0.2, -0.15) is 5.10 Å². The number of carbonyl (C=O) groups is 1. The number of para-hydroxylation sites is 1. The molecule has 7 heteroatoms. The number of carboxylic acid groups (broad SMARTS) is 1. The molecule has 0 aliphatic heterocycles. The van der Waals surface area contributed by atoms with Gasteiger partial charge in [-0.25, -0.2) is 4.79 Å². The van der Waals surface area contributed by atoms with Crippen LogP contribution in [0.3, 0.4) is 0 Å². The third-order valence-corrected chi connectivity index (χ3v) is 3.53. The molecule has 2 aromatic rings. The largest absolute Gasteiger partial charge is 0.482 e. The number of ether oxygens (including phenoxy) is 1. The predicted octanol–water partition coefficient (Wildman–Crippen LogP) is 3.17. The van der Waals surface area contributed by atoms with Crippen LogP contribution >= 0.6 is 12.2 Å². The van der Waals surface area contributed by atoms with Gasteiger partial charge in [0.15, 0.2) is 11.7 Å². The van der Waals surface area contributed by atoms with Gasteiger partial charge in [0.1, 0.15) is 5.75 Å². The number of anilines is 1. The van der Waals surface area contributed by atoms with Crippen molar-refractivity contribution in [2.75, 3.05) is 11.9 Å². The molecule has 3 N–H and O–H groups in total. The number of hydrazone groups is 1. The highest BCUT2D eigenvalue weighted by atomic mass is 32.1. The van der Waals surface area contributed by atoms with E-state index >= 15 is 0 Å². The number of aliphatic carboxylic acids is 1. The average Bonchev–Trinajstić information content (AvgIpc) is 2.60. The molecular weight excluding hydrogens is 338 g/mol. The van der Waals surface area contributed by atoms with Gasteiger partial charge >= 0.3 is 5.97 Å². The summed E-state index contributed by atoms with van der Waals surface area (Å²) in [6.07, 6.45) is 0. The Kier molecular flexibility index (Phi) is 6.47. The Balaban J connectivity index is 1.98. The molecule has 0 spiro atoms. The zero-order valence-electron chi connectivity index (χ0n) is 13.9. The van der Waals surface area contributed by atoms with Crippen LogP contribution in [0.5, 0.6) is 5.75 Å². The molecule has 0 aliphatic rings. The minimum atomic E-state index is -1.02. The molecule has 0 amide bonds. The van der Waals surface area contributed by atoms with E-state index < -0.39 is 5.97 Å². The number of benzene rings is 2. The van der Waals surface area contributed by atoms with Crippen LogP contribution < -0.4 is 15.5 Å². The highest BCUT2D eigenvalue weighted by Crippen LogP contribution is 2.14. The van der Waals surface area contributed by atoms with E-state index in [0.29, 0.717) is 16.6 Å². The summed E-state index contributed by atoms with van der Waals surface area (Å²) in [5.41, 5.74) is 6.28. The van der Waals surface area contributed by atoms with Crippen LogP contribution in [0.15, 0.2) is 53.6 Å². The molecule has 2 aromatic carbocycles. The van der Waals surface area contributed by atoms with Gasteiger partial charge in [-0.1, -0.05) is 30.3 Å². The van der Waals surface area contributed by atoms with Crippen LogP contribution in [0.1, 0.15) is 18.1 Å². The summed E-state index contributed by atoms with van der Waals surface area (Å²) >= 11 is 5.24. The Morgan fingerprint density at radius 1 is 1.24 bits per heavy atom. The molecule has 0 radical (unpaired) electrons. The van der Waals surface area contributed by atoms with E-state index in [2.05, 4.69) is 15.8 Å². The Bertz CT molecular complexity index is 806. The smallest absolute Gasteiger partial charge is 0.341 e. The first-order valence-electron chi connectivity index (χ1n) is 7.57. The molecule has 0 saturated heterocycles. The molecule has 2 rings (SSSR count). The molecule has 0 heterocycles. The molecule has 0 atom stereocenters. The minimum Gasteiger partial charge on any atom is -0.482 e. The lowest BCUT2D eigenvalue weighted by molar-refractivity contribution is -0.139. The monoisotopic (exact) mass is 357 g/mol. The van der Waals surface area contributed by atoms with Gasteiger partial charge in [-0.05, 0) is 49.8 Å². The van der Waals surface area contributed by atoms with Crippen LogP contribution in [0.4, 0.5) is 5.69 Å². The molecular formula is C18H19N3O3S. The Morgan fingerprint density at radius 3 is 2.72 bits per heavy atom. The lowest BCUT2D eigenvalue weighted by Gasteiger charge is -2.10. The number of nitrogens with zero attached hydrogens (tertiary/aromatic N) is 1. The minimum absolute atomic E-state index is 0.381. The number of nitrogens with one attached hydrogen (secondary N) is 2. The zero-order valence-corrected chi connectivity index (χ0v) is 14.8. The second-order valence-corrected chi connectivity index (χ2v) is 5.70. The third-order valence-electron chi connectivity index (χ3n) is 3.33. The van der Waals surface area contributed by atoms with Crippen LogP contribution in [0.25, 0.3) is 0 Å². The van der Waals surface area contributed by atoms with Gasteiger partial charge in [0.05, 0.1) is 5.71 Å². The molecule has 25 heavy (non-hydrogen) atoms. The number of thiocarbonyl (C=S) groups is 1. The Morgan fingerprint density at radius 2 is 2.00 bits per heavy atom. The van der Waals surface area contributed by atoms with E-state index in [9.17, 15) is 4.79 Å². The summed E-state index contributed by atoms with van der Waals surface area (Å²) in [5.74, 6) is -0.555. The van der Waals surface area contributed by atoms with Crippen LogP contribution in [-0.2, 0) is 4.79 Å². The molecule has 0 aromatic heterocycles. The number of carboxylic acids is 1. The maximum Gasteiger partial charge on any atom is 0.341 e. The fraction of sp³-hybridized carbons (Fsp3) is 0.167. The van der Waals surface area contributed by atoms with E-state index in [0.717, 1.165) is 16.8 Å². The summed E-state index contributed by atoms with van der Waals surface area (Å²) in [6.45, 7) is 3.42. The van der Waals surface area contributed by atoms with Crippen molar-refractivity contribution >= 4 is 34.7 Å². The second kappa shape index (κ2) is 8.79. The average molecular weight is 357 g/mol. The summed E-state index contributed by atoms with van der Waals surface area (Å²) in [6, 6.07) is 14.8. The maximum atomic E-state index is 10.6. The second-order valence-electron chi connectivity index (χ2n) is 5.29. The fourth-order valence-electron chi connectivity index (χ4n) is 2.02. The molecule has 6 nitrogen and oxygen atoms in total. The third kappa shape index (κ3) is 5.89. The van der Waals surface area contributed by atoms with Gasteiger partial charge < -0.3 is 15.2 Å². The van der Waals surface area contributed by atoms with Gasteiger partial charge in [-0.3, -0.25) is 5.43 Å².